The van der Waals surface area contributed by atoms with Crippen molar-refractivity contribution in [2.45, 2.75) is 20.4 Å². The van der Waals surface area contributed by atoms with Crippen LogP contribution in [0.15, 0.2) is 49.2 Å². The summed E-state index contributed by atoms with van der Waals surface area (Å²) in [5.41, 5.74) is 5.84. The standard InChI is InChI=1S/C18H17ClN6/c1-12-13(2)24-9-15(25-11-20-10-22-25)7-17(18(24)23-12)21-8-14-5-3-4-6-16(14)19/h3-7,9-11,21H,8H2,1-2H3. The summed E-state index contributed by atoms with van der Waals surface area (Å²) in [7, 11) is 0. The molecule has 3 heterocycles. The molecule has 0 unspecified atom stereocenters. The van der Waals surface area contributed by atoms with E-state index in [1.165, 1.54) is 6.33 Å². The van der Waals surface area contributed by atoms with Gasteiger partial charge in [-0.25, -0.2) is 14.6 Å². The minimum atomic E-state index is 0.612. The molecule has 7 heteroatoms. The largest absolute Gasteiger partial charge is 0.378 e. The van der Waals surface area contributed by atoms with E-state index >= 15 is 0 Å². The lowest BCUT2D eigenvalue weighted by molar-refractivity contribution is 0.866. The first-order chi connectivity index (χ1) is 12.1. The van der Waals surface area contributed by atoms with Crippen LogP contribution in [-0.2, 0) is 6.54 Å². The van der Waals surface area contributed by atoms with Gasteiger partial charge >= 0.3 is 0 Å². The van der Waals surface area contributed by atoms with E-state index in [0.29, 0.717) is 6.54 Å². The lowest BCUT2D eigenvalue weighted by Crippen LogP contribution is -2.05. The zero-order valence-corrected chi connectivity index (χ0v) is 14.7. The van der Waals surface area contributed by atoms with Gasteiger partial charge in [-0.15, -0.1) is 0 Å². The number of hydrogen-bond acceptors (Lipinski definition) is 4. The van der Waals surface area contributed by atoms with E-state index in [0.717, 1.165) is 39.0 Å². The maximum Gasteiger partial charge on any atom is 0.160 e. The lowest BCUT2D eigenvalue weighted by Gasteiger charge is -2.12. The fourth-order valence-electron chi connectivity index (χ4n) is 2.79. The van der Waals surface area contributed by atoms with Crippen molar-refractivity contribution < 1.29 is 0 Å². The summed E-state index contributed by atoms with van der Waals surface area (Å²) in [6, 6.07) is 9.83. The molecule has 0 radical (unpaired) electrons. The Morgan fingerprint density at radius 2 is 2.04 bits per heavy atom. The molecule has 4 aromatic rings. The number of benzene rings is 1. The first-order valence-corrected chi connectivity index (χ1v) is 8.33. The van der Waals surface area contributed by atoms with E-state index in [1.54, 1.807) is 11.0 Å². The third kappa shape index (κ3) is 2.85. The van der Waals surface area contributed by atoms with Gasteiger partial charge in [-0.2, -0.15) is 5.10 Å². The number of imidazole rings is 1. The monoisotopic (exact) mass is 352 g/mol. The zero-order valence-electron chi connectivity index (χ0n) is 13.9. The SMILES string of the molecule is Cc1nc2c(NCc3ccccc3Cl)cc(-n3cncn3)cn2c1C. The minimum Gasteiger partial charge on any atom is -0.378 e. The van der Waals surface area contributed by atoms with E-state index in [1.807, 2.05) is 43.5 Å². The van der Waals surface area contributed by atoms with Crippen LogP contribution in [0.3, 0.4) is 0 Å². The summed E-state index contributed by atoms with van der Waals surface area (Å²) < 4.78 is 3.80. The second-order valence-corrected chi connectivity index (χ2v) is 6.28. The summed E-state index contributed by atoms with van der Waals surface area (Å²) in [5.74, 6) is 0. The highest BCUT2D eigenvalue weighted by atomic mass is 35.5. The first kappa shape index (κ1) is 15.7. The fourth-order valence-corrected chi connectivity index (χ4v) is 2.99. The van der Waals surface area contributed by atoms with Gasteiger partial charge in [-0.3, -0.25) is 0 Å². The maximum atomic E-state index is 6.27. The number of aromatic nitrogens is 5. The molecule has 0 aliphatic rings. The number of anilines is 1. The third-order valence-electron chi connectivity index (χ3n) is 4.29. The molecule has 25 heavy (non-hydrogen) atoms. The highest BCUT2D eigenvalue weighted by Gasteiger charge is 2.12. The molecule has 1 aromatic carbocycles. The molecule has 0 bridgehead atoms. The Labute approximate surface area is 150 Å². The topological polar surface area (TPSA) is 60.0 Å². The molecule has 0 saturated carbocycles. The highest BCUT2D eigenvalue weighted by molar-refractivity contribution is 6.31. The third-order valence-corrected chi connectivity index (χ3v) is 4.66. The molecular formula is C18H17ClN6. The quantitative estimate of drug-likeness (QED) is 0.607. The van der Waals surface area contributed by atoms with Gasteiger partial charge in [0.2, 0.25) is 0 Å². The van der Waals surface area contributed by atoms with Crippen molar-refractivity contribution in [1.82, 2.24) is 24.1 Å². The Morgan fingerprint density at radius 1 is 1.20 bits per heavy atom. The van der Waals surface area contributed by atoms with Gasteiger partial charge in [-0.1, -0.05) is 29.8 Å². The molecule has 0 aliphatic carbocycles. The van der Waals surface area contributed by atoms with Gasteiger partial charge in [-0.05, 0) is 31.5 Å². The molecule has 0 saturated heterocycles. The Balaban J connectivity index is 1.78. The number of halogens is 1. The maximum absolute atomic E-state index is 6.27. The number of hydrogen-bond donors (Lipinski definition) is 1. The van der Waals surface area contributed by atoms with Crippen molar-refractivity contribution in [3.8, 4) is 5.69 Å². The summed E-state index contributed by atoms with van der Waals surface area (Å²) in [5, 5.41) is 8.43. The molecule has 0 aliphatic heterocycles. The summed E-state index contributed by atoms with van der Waals surface area (Å²) >= 11 is 6.27. The number of nitrogens with one attached hydrogen (secondary N) is 1. The van der Waals surface area contributed by atoms with Crippen LogP contribution in [0.5, 0.6) is 0 Å². The number of fused-ring (bicyclic) bond motifs is 1. The van der Waals surface area contributed by atoms with E-state index in [-0.39, 0.29) is 0 Å². The van der Waals surface area contributed by atoms with Crippen molar-refractivity contribution in [2.75, 3.05) is 5.32 Å². The summed E-state index contributed by atoms with van der Waals surface area (Å²) in [6.07, 6.45) is 5.21. The average molecular weight is 353 g/mol. The normalized spacial score (nSPS) is 11.2. The van der Waals surface area contributed by atoms with Gasteiger partial charge in [0.05, 0.1) is 17.1 Å². The van der Waals surface area contributed by atoms with Crippen molar-refractivity contribution >= 4 is 22.9 Å². The number of rotatable bonds is 4. The van der Waals surface area contributed by atoms with Gasteiger partial charge in [0.15, 0.2) is 5.65 Å². The van der Waals surface area contributed by atoms with Crippen molar-refractivity contribution in [1.29, 1.82) is 0 Å². The Morgan fingerprint density at radius 3 is 2.80 bits per heavy atom. The van der Waals surface area contributed by atoms with Crippen LogP contribution in [-0.4, -0.2) is 24.1 Å². The molecule has 126 valence electrons. The minimum absolute atomic E-state index is 0.612. The zero-order chi connectivity index (χ0) is 17.4. The molecule has 4 rings (SSSR count). The van der Waals surface area contributed by atoms with E-state index < -0.39 is 0 Å². The number of aryl methyl sites for hydroxylation is 2. The van der Waals surface area contributed by atoms with Crippen LogP contribution in [0.4, 0.5) is 5.69 Å². The van der Waals surface area contributed by atoms with Gasteiger partial charge in [0.1, 0.15) is 12.7 Å². The Bertz CT molecular complexity index is 1040. The molecule has 1 N–H and O–H groups in total. The molecule has 0 spiro atoms. The van der Waals surface area contributed by atoms with Crippen molar-refractivity contribution in [3.63, 3.8) is 0 Å². The summed E-state index contributed by atoms with van der Waals surface area (Å²) in [4.78, 5) is 8.72. The average Bonchev–Trinajstić information content (AvgIpc) is 3.24. The molecule has 0 atom stereocenters. The molecule has 0 fully saturated rings. The second kappa shape index (κ2) is 6.22. The van der Waals surface area contributed by atoms with E-state index in [4.69, 9.17) is 16.6 Å². The molecular weight excluding hydrogens is 336 g/mol. The Kier molecular flexibility index (Phi) is 3.89. The molecule has 0 amide bonds. The van der Waals surface area contributed by atoms with Gasteiger partial charge < -0.3 is 9.72 Å². The van der Waals surface area contributed by atoms with Crippen LogP contribution in [0, 0.1) is 13.8 Å². The number of pyridine rings is 1. The van der Waals surface area contributed by atoms with Gasteiger partial charge in [0, 0.05) is 23.5 Å². The summed E-state index contributed by atoms with van der Waals surface area (Å²) in [6.45, 7) is 4.68. The first-order valence-electron chi connectivity index (χ1n) is 7.95. The highest BCUT2D eigenvalue weighted by Crippen LogP contribution is 2.25. The fraction of sp³-hybridized carbons (Fsp3) is 0.167. The molecule has 6 nitrogen and oxygen atoms in total. The lowest BCUT2D eigenvalue weighted by atomic mass is 10.2. The molecule has 3 aromatic heterocycles. The smallest absolute Gasteiger partial charge is 0.160 e. The number of nitrogens with zero attached hydrogens (tertiary/aromatic N) is 5. The van der Waals surface area contributed by atoms with Crippen LogP contribution in [0.1, 0.15) is 17.0 Å². The van der Waals surface area contributed by atoms with Crippen LogP contribution >= 0.6 is 11.6 Å². The predicted molar refractivity (Wildman–Crippen MR) is 98.4 cm³/mol. The Hall–Kier alpha value is -2.86. The van der Waals surface area contributed by atoms with Crippen LogP contribution < -0.4 is 5.32 Å². The predicted octanol–water partition coefficient (Wildman–Crippen LogP) is 3.80. The van der Waals surface area contributed by atoms with E-state index in [2.05, 4.69) is 26.7 Å². The van der Waals surface area contributed by atoms with Crippen molar-refractivity contribution in [3.05, 3.63) is 71.2 Å². The van der Waals surface area contributed by atoms with Gasteiger partial charge in [0.25, 0.3) is 0 Å². The van der Waals surface area contributed by atoms with E-state index in [9.17, 15) is 0 Å². The second-order valence-electron chi connectivity index (χ2n) is 5.87. The van der Waals surface area contributed by atoms with Crippen molar-refractivity contribution in [2.24, 2.45) is 0 Å². The van der Waals surface area contributed by atoms with Crippen LogP contribution in [0.25, 0.3) is 11.3 Å². The van der Waals surface area contributed by atoms with Crippen LogP contribution in [0.2, 0.25) is 5.02 Å².